The van der Waals surface area contributed by atoms with Crippen LogP contribution in [0.25, 0.3) is 0 Å². The third kappa shape index (κ3) is 1.24. The molecule has 0 atom stereocenters. The van der Waals surface area contributed by atoms with Crippen molar-refractivity contribution in [1.29, 1.82) is 5.41 Å². The summed E-state index contributed by atoms with van der Waals surface area (Å²) >= 11 is 0. The highest BCUT2D eigenvalue weighted by atomic mass is 16.4. The number of aromatic carboxylic acids is 1. The first-order valence-electron chi connectivity index (χ1n) is 3.15. The van der Waals surface area contributed by atoms with Crippen LogP contribution >= 0.6 is 0 Å². The number of rotatable bonds is 2. The molecule has 0 aromatic carbocycles. The molecule has 0 aliphatic heterocycles. The smallest absolute Gasteiger partial charge is 0.356 e. The number of hydrogen-bond donors (Lipinski definition) is 3. The van der Waals surface area contributed by atoms with Crippen LogP contribution in [0.2, 0.25) is 0 Å². The summed E-state index contributed by atoms with van der Waals surface area (Å²) in [6.45, 7) is 0. The summed E-state index contributed by atoms with van der Waals surface area (Å²) in [5, 5.41) is 15.5. The van der Waals surface area contributed by atoms with Gasteiger partial charge in [0.1, 0.15) is 0 Å². The van der Waals surface area contributed by atoms with Crippen LogP contribution in [-0.2, 0) is 0 Å². The van der Waals surface area contributed by atoms with Gasteiger partial charge in [-0.15, -0.1) is 0 Å². The number of hydrogen-bond acceptors (Lipinski definition) is 4. The van der Waals surface area contributed by atoms with Gasteiger partial charge in [0, 0.05) is 18.0 Å². The van der Waals surface area contributed by atoms with E-state index in [1.807, 2.05) is 0 Å². The Bertz CT molecular complexity index is 335. The summed E-state index contributed by atoms with van der Waals surface area (Å²) in [6, 6.07) is 1.48. The van der Waals surface area contributed by atoms with Crippen LogP contribution in [0, 0.1) is 5.41 Å². The van der Waals surface area contributed by atoms with Crippen molar-refractivity contribution in [3.8, 4) is 0 Å². The van der Waals surface area contributed by atoms with E-state index in [-0.39, 0.29) is 11.4 Å². The van der Waals surface area contributed by atoms with Gasteiger partial charge in [0.05, 0.1) is 5.69 Å². The third-order valence-corrected chi connectivity index (χ3v) is 1.38. The van der Waals surface area contributed by atoms with Gasteiger partial charge in [-0.3, -0.25) is 0 Å². The second-order valence-electron chi connectivity index (χ2n) is 2.11. The van der Waals surface area contributed by atoms with Crippen LogP contribution in [0.4, 0.5) is 5.69 Å². The van der Waals surface area contributed by atoms with Gasteiger partial charge < -0.3 is 16.2 Å². The normalized spacial score (nSPS) is 9.33. The Kier molecular flexibility index (Phi) is 2.05. The van der Waals surface area contributed by atoms with E-state index in [1.165, 1.54) is 12.3 Å². The lowest BCUT2D eigenvalue weighted by atomic mass is 10.2. The molecule has 12 heavy (non-hydrogen) atoms. The van der Waals surface area contributed by atoms with Crippen molar-refractivity contribution < 1.29 is 9.90 Å². The van der Waals surface area contributed by atoms with Gasteiger partial charge in [-0.1, -0.05) is 0 Å². The second-order valence-corrected chi connectivity index (χ2v) is 2.11. The molecule has 0 aliphatic rings. The standard InChI is InChI=1S/C7H7N3O2/c8-3-4-1-2-10-6(5(4)9)7(11)12/h1-3,8H,9H2,(H,11,12). The molecule has 0 bridgehead atoms. The van der Waals surface area contributed by atoms with Crippen molar-refractivity contribution >= 4 is 17.9 Å². The molecule has 0 unspecified atom stereocenters. The van der Waals surface area contributed by atoms with Gasteiger partial charge in [0.25, 0.3) is 0 Å². The van der Waals surface area contributed by atoms with Gasteiger partial charge in [0.15, 0.2) is 5.69 Å². The number of pyridine rings is 1. The minimum atomic E-state index is -1.18. The van der Waals surface area contributed by atoms with Crippen molar-refractivity contribution in [2.45, 2.75) is 0 Å². The molecule has 5 nitrogen and oxygen atoms in total. The van der Waals surface area contributed by atoms with Gasteiger partial charge >= 0.3 is 5.97 Å². The fourth-order valence-electron chi connectivity index (χ4n) is 0.784. The van der Waals surface area contributed by atoms with Gasteiger partial charge in [-0.2, -0.15) is 0 Å². The maximum Gasteiger partial charge on any atom is 0.356 e. The van der Waals surface area contributed by atoms with E-state index in [9.17, 15) is 4.79 Å². The molecule has 0 spiro atoms. The zero-order valence-corrected chi connectivity index (χ0v) is 6.11. The highest BCUT2D eigenvalue weighted by Gasteiger charge is 2.10. The van der Waals surface area contributed by atoms with E-state index in [2.05, 4.69) is 4.98 Å². The predicted octanol–water partition coefficient (Wildman–Crippen LogP) is 0.360. The highest BCUT2D eigenvalue weighted by Crippen LogP contribution is 2.12. The van der Waals surface area contributed by atoms with Gasteiger partial charge in [-0.05, 0) is 6.07 Å². The van der Waals surface area contributed by atoms with E-state index < -0.39 is 5.97 Å². The minimum absolute atomic E-state index is 0.0278. The summed E-state index contributed by atoms with van der Waals surface area (Å²) in [5.74, 6) is -1.18. The van der Waals surface area contributed by atoms with Crippen LogP contribution < -0.4 is 5.73 Å². The fraction of sp³-hybridized carbons (Fsp3) is 0. The zero-order chi connectivity index (χ0) is 9.14. The van der Waals surface area contributed by atoms with E-state index in [0.717, 1.165) is 6.21 Å². The number of anilines is 1. The van der Waals surface area contributed by atoms with Gasteiger partial charge in [-0.25, -0.2) is 9.78 Å². The topological polar surface area (TPSA) is 100 Å². The summed E-state index contributed by atoms with van der Waals surface area (Å²) in [5.41, 5.74) is 5.58. The molecule has 4 N–H and O–H groups in total. The average Bonchev–Trinajstić information content (AvgIpc) is 2.04. The Morgan fingerprint density at radius 1 is 1.75 bits per heavy atom. The van der Waals surface area contributed by atoms with Crippen molar-refractivity contribution in [3.63, 3.8) is 0 Å². The molecule has 1 heterocycles. The molecular weight excluding hydrogens is 158 g/mol. The quantitative estimate of drug-likeness (QED) is 0.551. The van der Waals surface area contributed by atoms with Crippen molar-refractivity contribution in [2.75, 3.05) is 5.73 Å². The first-order valence-corrected chi connectivity index (χ1v) is 3.15. The Labute approximate surface area is 68.4 Å². The maximum atomic E-state index is 10.5. The number of nitrogens with one attached hydrogen (secondary N) is 1. The highest BCUT2D eigenvalue weighted by molar-refractivity contribution is 5.97. The SMILES string of the molecule is N=Cc1ccnc(C(=O)O)c1N. The Morgan fingerprint density at radius 2 is 2.42 bits per heavy atom. The van der Waals surface area contributed by atoms with Crippen LogP contribution in [0.3, 0.4) is 0 Å². The molecule has 1 aromatic rings. The first kappa shape index (κ1) is 8.19. The zero-order valence-electron chi connectivity index (χ0n) is 6.11. The largest absolute Gasteiger partial charge is 0.476 e. The fourth-order valence-corrected chi connectivity index (χ4v) is 0.784. The number of nitrogens with two attached hydrogens (primary N) is 1. The lowest BCUT2D eigenvalue weighted by Crippen LogP contribution is -2.07. The molecule has 1 aromatic heterocycles. The molecule has 5 heteroatoms. The van der Waals surface area contributed by atoms with E-state index in [0.29, 0.717) is 5.56 Å². The number of nitrogen functional groups attached to an aromatic ring is 1. The molecule has 0 saturated heterocycles. The summed E-state index contributed by atoms with van der Waals surface area (Å²) < 4.78 is 0. The number of carbonyl (C=O) groups is 1. The third-order valence-electron chi connectivity index (χ3n) is 1.38. The minimum Gasteiger partial charge on any atom is -0.476 e. The molecule has 0 fully saturated rings. The molecule has 0 saturated carbocycles. The van der Waals surface area contributed by atoms with Crippen molar-refractivity contribution in [1.82, 2.24) is 4.98 Å². The van der Waals surface area contributed by atoms with E-state index >= 15 is 0 Å². The van der Waals surface area contributed by atoms with E-state index in [1.54, 1.807) is 0 Å². The van der Waals surface area contributed by atoms with Crippen LogP contribution in [0.15, 0.2) is 12.3 Å². The molecule has 0 radical (unpaired) electrons. The summed E-state index contributed by atoms with van der Waals surface area (Å²) in [7, 11) is 0. The predicted molar refractivity (Wildman–Crippen MR) is 43.5 cm³/mol. The molecule has 1 rings (SSSR count). The van der Waals surface area contributed by atoms with Crippen LogP contribution in [0.5, 0.6) is 0 Å². The first-order chi connectivity index (χ1) is 5.66. The molecule has 0 amide bonds. The summed E-state index contributed by atoms with van der Waals surface area (Å²) in [4.78, 5) is 14.0. The van der Waals surface area contributed by atoms with Gasteiger partial charge in [0.2, 0.25) is 0 Å². The molecular formula is C7H7N3O2. The second kappa shape index (κ2) is 3.00. The average molecular weight is 165 g/mol. The van der Waals surface area contributed by atoms with Crippen molar-refractivity contribution in [3.05, 3.63) is 23.5 Å². The Morgan fingerprint density at radius 3 is 2.92 bits per heavy atom. The van der Waals surface area contributed by atoms with Crippen molar-refractivity contribution in [2.24, 2.45) is 0 Å². The number of carboxylic acid groups (broad SMARTS) is 1. The monoisotopic (exact) mass is 165 g/mol. The number of carboxylic acids is 1. The lowest BCUT2D eigenvalue weighted by molar-refractivity contribution is 0.0692. The lowest BCUT2D eigenvalue weighted by Gasteiger charge is -2.01. The van der Waals surface area contributed by atoms with Crippen LogP contribution in [0.1, 0.15) is 16.1 Å². The summed E-state index contributed by atoms with van der Waals surface area (Å²) in [6.07, 6.45) is 2.30. The molecule has 62 valence electrons. The molecule has 0 aliphatic carbocycles. The van der Waals surface area contributed by atoms with E-state index in [4.69, 9.17) is 16.2 Å². The Balaban J connectivity index is 3.32. The van der Waals surface area contributed by atoms with Crippen LogP contribution in [-0.4, -0.2) is 22.3 Å². The number of nitrogens with zero attached hydrogens (tertiary/aromatic N) is 1. The Hall–Kier alpha value is -1.91. The number of aromatic nitrogens is 1. The maximum absolute atomic E-state index is 10.5.